The maximum Gasteiger partial charge on any atom is 0.0499 e. The maximum absolute atomic E-state index is 4.98. The highest BCUT2D eigenvalue weighted by Crippen LogP contribution is 2.06. The Morgan fingerprint density at radius 2 is 2.00 bits per heavy atom. The van der Waals surface area contributed by atoms with Gasteiger partial charge >= 0.3 is 0 Å². The van der Waals surface area contributed by atoms with Gasteiger partial charge in [0.1, 0.15) is 0 Å². The molecule has 0 fully saturated rings. The molecule has 0 bridgehead atoms. The first kappa shape index (κ1) is 11.4. The third-order valence-corrected chi connectivity index (χ3v) is 1.76. The van der Waals surface area contributed by atoms with E-state index in [1.165, 1.54) is 11.1 Å². The van der Waals surface area contributed by atoms with Crippen molar-refractivity contribution in [2.45, 2.75) is 33.1 Å². The summed E-state index contributed by atoms with van der Waals surface area (Å²) in [7, 11) is 1.74. The molecule has 70 valence electrons. The van der Waals surface area contributed by atoms with E-state index >= 15 is 0 Å². The number of ether oxygens (including phenoxy) is 1. The Labute approximate surface area is 76.1 Å². The van der Waals surface area contributed by atoms with Gasteiger partial charge in [-0.1, -0.05) is 17.2 Å². The fraction of sp³-hybridized carbons (Fsp3) is 0.636. The first-order chi connectivity index (χ1) is 5.66. The maximum atomic E-state index is 4.98. The van der Waals surface area contributed by atoms with Crippen LogP contribution >= 0.6 is 0 Å². The third-order valence-electron chi connectivity index (χ3n) is 1.76. The van der Waals surface area contributed by atoms with E-state index in [9.17, 15) is 0 Å². The number of hydrogen-bond donors (Lipinski definition) is 0. The number of hydrogen-bond acceptors (Lipinski definition) is 1. The van der Waals surface area contributed by atoms with Crippen LogP contribution in [0.4, 0.5) is 0 Å². The molecule has 0 N–H and O–H groups in total. The molecule has 0 saturated carbocycles. The summed E-state index contributed by atoms with van der Waals surface area (Å²) < 4.78 is 4.98. The molecular formula is C11H20O. The summed E-state index contributed by atoms with van der Waals surface area (Å²) in [5.74, 6) is 0. The van der Waals surface area contributed by atoms with Crippen molar-refractivity contribution in [3.63, 3.8) is 0 Å². The lowest BCUT2D eigenvalue weighted by atomic mass is 10.1. The molecule has 0 aromatic heterocycles. The fourth-order valence-corrected chi connectivity index (χ4v) is 0.930. The summed E-state index contributed by atoms with van der Waals surface area (Å²) in [6, 6.07) is 0. The van der Waals surface area contributed by atoms with Crippen LogP contribution in [0.5, 0.6) is 0 Å². The minimum Gasteiger partial charge on any atom is -0.384 e. The quantitative estimate of drug-likeness (QED) is 0.553. The van der Waals surface area contributed by atoms with E-state index in [2.05, 4.69) is 26.5 Å². The number of methoxy groups -OCH3 is 1. The molecule has 0 aromatic carbocycles. The average molecular weight is 168 g/mol. The first-order valence-electron chi connectivity index (χ1n) is 4.45. The Bertz CT molecular complexity index is 156. The van der Waals surface area contributed by atoms with Gasteiger partial charge in [0.05, 0.1) is 0 Å². The van der Waals surface area contributed by atoms with E-state index < -0.39 is 0 Å². The van der Waals surface area contributed by atoms with Gasteiger partial charge in [0.2, 0.25) is 0 Å². The van der Waals surface area contributed by atoms with Gasteiger partial charge in [-0.05, 0) is 33.1 Å². The highest BCUT2D eigenvalue weighted by Gasteiger charge is 1.89. The number of rotatable bonds is 6. The average Bonchev–Trinajstić information content (AvgIpc) is 2.00. The van der Waals surface area contributed by atoms with E-state index in [0.717, 1.165) is 25.9 Å². The molecule has 0 aliphatic carbocycles. The Kier molecular flexibility index (Phi) is 6.78. The smallest absolute Gasteiger partial charge is 0.0499 e. The minimum absolute atomic E-state index is 0.829. The topological polar surface area (TPSA) is 9.23 Å². The monoisotopic (exact) mass is 168 g/mol. The molecule has 0 unspecified atom stereocenters. The molecule has 0 rings (SSSR count). The van der Waals surface area contributed by atoms with Crippen LogP contribution in [0.3, 0.4) is 0 Å². The molecule has 0 radical (unpaired) electrons. The van der Waals surface area contributed by atoms with Crippen molar-refractivity contribution in [3.05, 3.63) is 23.8 Å². The van der Waals surface area contributed by atoms with E-state index in [-0.39, 0.29) is 0 Å². The largest absolute Gasteiger partial charge is 0.384 e. The van der Waals surface area contributed by atoms with Crippen LogP contribution in [-0.2, 0) is 4.74 Å². The van der Waals surface area contributed by atoms with Crippen molar-refractivity contribution in [1.29, 1.82) is 0 Å². The Morgan fingerprint density at radius 1 is 1.33 bits per heavy atom. The van der Waals surface area contributed by atoms with Gasteiger partial charge in [-0.25, -0.2) is 0 Å². The van der Waals surface area contributed by atoms with Crippen LogP contribution in [0.25, 0.3) is 0 Å². The molecule has 0 atom stereocenters. The second-order valence-corrected chi connectivity index (χ2v) is 3.29. The standard InChI is InChI=1S/C11H20O/c1-10(2)6-5-7-11(3)8-9-12-4/h7H,1,5-6,8-9H2,2-4H3/b11-7+. The summed E-state index contributed by atoms with van der Waals surface area (Å²) in [6.07, 6.45) is 5.54. The van der Waals surface area contributed by atoms with Gasteiger partial charge in [-0.3, -0.25) is 0 Å². The van der Waals surface area contributed by atoms with Crippen molar-refractivity contribution in [2.24, 2.45) is 0 Å². The lowest BCUT2D eigenvalue weighted by molar-refractivity contribution is 0.202. The van der Waals surface area contributed by atoms with Crippen LogP contribution in [0.1, 0.15) is 33.1 Å². The molecule has 0 aliphatic rings. The second-order valence-electron chi connectivity index (χ2n) is 3.29. The summed E-state index contributed by atoms with van der Waals surface area (Å²) in [4.78, 5) is 0. The van der Waals surface area contributed by atoms with Gasteiger partial charge in [-0.2, -0.15) is 0 Å². The molecule has 1 heteroatoms. The van der Waals surface area contributed by atoms with Crippen LogP contribution < -0.4 is 0 Å². The SMILES string of the molecule is C=C(C)CC/C=C(\C)CCOC. The zero-order valence-corrected chi connectivity index (χ0v) is 8.52. The lowest BCUT2D eigenvalue weighted by Crippen LogP contribution is -1.89. The van der Waals surface area contributed by atoms with Crippen LogP contribution in [0.2, 0.25) is 0 Å². The highest BCUT2D eigenvalue weighted by molar-refractivity contribution is 5.00. The predicted molar refractivity (Wildman–Crippen MR) is 54.3 cm³/mol. The van der Waals surface area contributed by atoms with Gasteiger partial charge in [0.15, 0.2) is 0 Å². The molecule has 0 heterocycles. The molecule has 0 aliphatic heterocycles. The zero-order valence-electron chi connectivity index (χ0n) is 8.52. The van der Waals surface area contributed by atoms with Gasteiger partial charge < -0.3 is 4.74 Å². The molecule has 0 aromatic rings. The van der Waals surface area contributed by atoms with Crippen LogP contribution in [-0.4, -0.2) is 13.7 Å². The zero-order chi connectivity index (χ0) is 9.40. The van der Waals surface area contributed by atoms with Crippen molar-refractivity contribution < 1.29 is 4.74 Å². The summed E-state index contributed by atoms with van der Waals surface area (Å²) >= 11 is 0. The summed E-state index contributed by atoms with van der Waals surface area (Å²) in [6.45, 7) is 8.91. The molecule has 0 saturated heterocycles. The van der Waals surface area contributed by atoms with Crippen LogP contribution in [0, 0.1) is 0 Å². The Balaban J connectivity index is 3.47. The van der Waals surface area contributed by atoms with E-state index in [1.807, 2.05) is 0 Å². The van der Waals surface area contributed by atoms with E-state index in [1.54, 1.807) is 7.11 Å². The van der Waals surface area contributed by atoms with Crippen molar-refractivity contribution >= 4 is 0 Å². The van der Waals surface area contributed by atoms with Crippen molar-refractivity contribution in [2.75, 3.05) is 13.7 Å². The molecule has 0 spiro atoms. The lowest BCUT2D eigenvalue weighted by Gasteiger charge is -2.00. The van der Waals surface area contributed by atoms with Gasteiger partial charge in [0, 0.05) is 13.7 Å². The molecule has 12 heavy (non-hydrogen) atoms. The Hall–Kier alpha value is -0.560. The second kappa shape index (κ2) is 7.11. The predicted octanol–water partition coefficient (Wildman–Crippen LogP) is 3.33. The summed E-state index contributed by atoms with van der Waals surface area (Å²) in [5.41, 5.74) is 2.67. The third kappa shape index (κ3) is 7.55. The van der Waals surface area contributed by atoms with Gasteiger partial charge in [-0.15, -0.1) is 6.58 Å². The van der Waals surface area contributed by atoms with Crippen molar-refractivity contribution in [1.82, 2.24) is 0 Å². The van der Waals surface area contributed by atoms with Crippen LogP contribution in [0.15, 0.2) is 23.8 Å². The minimum atomic E-state index is 0.829. The molecule has 0 amide bonds. The van der Waals surface area contributed by atoms with Crippen molar-refractivity contribution in [3.8, 4) is 0 Å². The van der Waals surface area contributed by atoms with E-state index in [0.29, 0.717) is 0 Å². The molecule has 1 nitrogen and oxygen atoms in total. The van der Waals surface area contributed by atoms with E-state index in [4.69, 9.17) is 4.74 Å². The fourth-order valence-electron chi connectivity index (χ4n) is 0.930. The first-order valence-corrected chi connectivity index (χ1v) is 4.45. The summed E-state index contributed by atoms with van der Waals surface area (Å²) in [5, 5.41) is 0. The normalized spacial score (nSPS) is 11.8. The van der Waals surface area contributed by atoms with Gasteiger partial charge in [0.25, 0.3) is 0 Å². The number of allylic oxidation sites excluding steroid dienone is 2. The molecular weight excluding hydrogens is 148 g/mol. The Morgan fingerprint density at radius 3 is 2.50 bits per heavy atom. The highest BCUT2D eigenvalue weighted by atomic mass is 16.5.